The van der Waals surface area contributed by atoms with Crippen LogP contribution in [0.25, 0.3) is 0 Å². The van der Waals surface area contributed by atoms with Crippen LogP contribution in [0.1, 0.15) is 106 Å². The Hall–Kier alpha value is -0.630. The largest absolute Gasteiger partial charge is 0.393 e. The van der Waals surface area contributed by atoms with E-state index >= 15 is 0 Å². The molecule has 2 unspecified atom stereocenters. The number of rotatable bonds is 6. The zero-order valence-electron chi connectivity index (χ0n) is 21.1. The van der Waals surface area contributed by atoms with Crippen molar-refractivity contribution in [1.29, 1.82) is 0 Å². The lowest BCUT2D eigenvalue weighted by molar-refractivity contribution is -0.135. The van der Waals surface area contributed by atoms with Gasteiger partial charge in [-0.3, -0.25) is 4.79 Å². The Labute approximate surface area is 191 Å². The van der Waals surface area contributed by atoms with Crippen LogP contribution in [0, 0.1) is 52.3 Å². The van der Waals surface area contributed by atoms with Gasteiger partial charge in [-0.15, -0.1) is 0 Å². The van der Waals surface area contributed by atoms with E-state index in [0.717, 1.165) is 42.9 Å². The van der Waals surface area contributed by atoms with Crippen LogP contribution in [0.3, 0.4) is 0 Å². The van der Waals surface area contributed by atoms with Gasteiger partial charge in [0.2, 0.25) is 0 Å². The molecule has 3 saturated carbocycles. The number of hydrogen-bond acceptors (Lipinski definition) is 2. The van der Waals surface area contributed by atoms with Crippen molar-refractivity contribution in [3.05, 3.63) is 11.6 Å². The summed E-state index contributed by atoms with van der Waals surface area (Å²) in [5.74, 6) is 4.90. The molecule has 31 heavy (non-hydrogen) atoms. The van der Waals surface area contributed by atoms with Gasteiger partial charge in [0.15, 0.2) is 5.78 Å². The third-order valence-electron chi connectivity index (χ3n) is 11.1. The van der Waals surface area contributed by atoms with Crippen molar-refractivity contribution in [2.75, 3.05) is 0 Å². The minimum absolute atomic E-state index is 0.147. The van der Waals surface area contributed by atoms with Gasteiger partial charge in [0.05, 0.1) is 6.10 Å². The first-order valence-corrected chi connectivity index (χ1v) is 13.5. The number of carbonyl (C=O) groups is 1. The fourth-order valence-electron chi connectivity index (χ4n) is 9.04. The molecule has 0 aromatic heterocycles. The number of fused-ring (bicyclic) bond motifs is 5. The van der Waals surface area contributed by atoms with Crippen molar-refractivity contribution in [2.45, 2.75) is 112 Å². The minimum Gasteiger partial charge on any atom is -0.393 e. The van der Waals surface area contributed by atoms with Crippen LogP contribution in [-0.2, 0) is 4.79 Å². The molecule has 0 saturated heterocycles. The maximum Gasteiger partial charge on any atom is 0.159 e. The molecule has 4 aliphatic carbocycles. The Bertz CT molecular complexity index is 708. The quantitative estimate of drug-likeness (QED) is 0.485. The van der Waals surface area contributed by atoms with E-state index in [1.807, 2.05) is 6.08 Å². The third-order valence-corrected chi connectivity index (χ3v) is 11.1. The second-order valence-electron chi connectivity index (χ2n) is 12.8. The number of hydrogen-bond donors (Lipinski definition) is 1. The zero-order valence-corrected chi connectivity index (χ0v) is 21.1. The van der Waals surface area contributed by atoms with Gasteiger partial charge in [-0.2, -0.15) is 0 Å². The molecular formula is C29H48O2. The summed E-state index contributed by atoms with van der Waals surface area (Å²) in [4.78, 5) is 13.5. The molecule has 4 rings (SSSR count). The second kappa shape index (κ2) is 8.62. The van der Waals surface area contributed by atoms with Crippen molar-refractivity contribution < 1.29 is 9.90 Å². The van der Waals surface area contributed by atoms with Crippen LogP contribution in [0.15, 0.2) is 11.6 Å². The predicted molar refractivity (Wildman–Crippen MR) is 129 cm³/mol. The lowest BCUT2D eigenvalue weighted by atomic mass is 9.46. The van der Waals surface area contributed by atoms with Gasteiger partial charge in [-0.25, -0.2) is 0 Å². The molecule has 0 aliphatic heterocycles. The lowest BCUT2D eigenvalue weighted by Gasteiger charge is -2.57. The molecule has 0 amide bonds. The number of aliphatic hydroxyl groups excluding tert-OH is 1. The maximum atomic E-state index is 13.5. The van der Waals surface area contributed by atoms with E-state index in [2.05, 4.69) is 41.5 Å². The molecule has 9 atom stereocenters. The van der Waals surface area contributed by atoms with Gasteiger partial charge in [0, 0.05) is 5.92 Å². The molecule has 0 bridgehead atoms. The second-order valence-corrected chi connectivity index (χ2v) is 12.8. The molecule has 176 valence electrons. The van der Waals surface area contributed by atoms with Crippen LogP contribution in [0.2, 0.25) is 0 Å². The fourth-order valence-corrected chi connectivity index (χ4v) is 9.04. The van der Waals surface area contributed by atoms with Crippen molar-refractivity contribution in [3.63, 3.8) is 0 Å². The molecule has 2 nitrogen and oxygen atoms in total. The summed E-state index contributed by atoms with van der Waals surface area (Å²) in [5.41, 5.74) is 1.75. The Morgan fingerprint density at radius 1 is 1.03 bits per heavy atom. The molecule has 1 N–H and O–H groups in total. The monoisotopic (exact) mass is 428 g/mol. The molecule has 0 radical (unpaired) electrons. The summed E-state index contributed by atoms with van der Waals surface area (Å²) in [6.45, 7) is 14.6. The highest BCUT2D eigenvalue weighted by Gasteiger charge is 2.61. The Morgan fingerprint density at radius 2 is 1.77 bits per heavy atom. The van der Waals surface area contributed by atoms with Crippen LogP contribution in [-0.4, -0.2) is 17.0 Å². The zero-order chi connectivity index (χ0) is 22.6. The van der Waals surface area contributed by atoms with Crippen molar-refractivity contribution in [3.8, 4) is 0 Å². The smallest absolute Gasteiger partial charge is 0.159 e. The average molecular weight is 429 g/mol. The highest BCUT2D eigenvalue weighted by Crippen LogP contribution is 2.66. The Balaban J connectivity index is 1.52. The third kappa shape index (κ3) is 3.87. The van der Waals surface area contributed by atoms with Crippen molar-refractivity contribution in [1.82, 2.24) is 0 Å². The molecule has 0 aromatic rings. The molecule has 4 aliphatic rings. The first-order valence-electron chi connectivity index (χ1n) is 13.5. The van der Waals surface area contributed by atoms with Gasteiger partial charge < -0.3 is 5.11 Å². The molecule has 0 heterocycles. The van der Waals surface area contributed by atoms with Crippen LogP contribution in [0.4, 0.5) is 0 Å². The normalized spacial score (nSPS) is 44.3. The van der Waals surface area contributed by atoms with Crippen LogP contribution < -0.4 is 0 Å². The SMILES string of the molecule is CC[C@H](CC[C@@H](C)[C@H]1CCC2[C@@H]3C(=O)C=C4C[C@@H](O)CC[C@]4(C)C3CC[C@@]21C)C(C)C. The number of aliphatic hydroxyl groups is 1. The first kappa shape index (κ1) is 23.5. The van der Waals surface area contributed by atoms with Crippen molar-refractivity contribution >= 4 is 5.78 Å². The summed E-state index contributed by atoms with van der Waals surface area (Å²) in [7, 11) is 0. The van der Waals surface area contributed by atoms with Gasteiger partial charge in [-0.1, -0.05) is 60.0 Å². The summed E-state index contributed by atoms with van der Waals surface area (Å²) in [6.07, 6.45) is 13.5. The van der Waals surface area contributed by atoms with Gasteiger partial charge in [-0.05, 0) is 104 Å². The van der Waals surface area contributed by atoms with E-state index in [0.29, 0.717) is 23.0 Å². The topological polar surface area (TPSA) is 37.3 Å². The van der Waals surface area contributed by atoms with E-state index in [1.165, 1.54) is 50.5 Å². The van der Waals surface area contributed by atoms with E-state index in [-0.39, 0.29) is 17.4 Å². The maximum absolute atomic E-state index is 13.5. The lowest BCUT2D eigenvalue weighted by Crippen LogP contribution is -2.53. The Kier molecular flexibility index (Phi) is 6.54. The number of carbonyl (C=O) groups excluding carboxylic acids is 1. The van der Waals surface area contributed by atoms with Gasteiger partial charge in [0.1, 0.15) is 0 Å². The van der Waals surface area contributed by atoms with Crippen molar-refractivity contribution in [2.24, 2.45) is 52.3 Å². The van der Waals surface area contributed by atoms with Crippen LogP contribution >= 0.6 is 0 Å². The summed E-state index contributed by atoms with van der Waals surface area (Å²) < 4.78 is 0. The highest BCUT2D eigenvalue weighted by atomic mass is 16.3. The molecule has 0 spiro atoms. The van der Waals surface area contributed by atoms with Gasteiger partial charge >= 0.3 is 0 Å². The molecule has 2 heteroatoms. The summed E-state index contributed by atoms with van der Waals surface area (Å²) in [5, 5.41) is 10.2. The standard InChI is InChI=1S/C29H48O2/c1-7-20(18(2)3)9-8-19(4)23-10-11-24-27-25(13-15-29(23,24)6)28(5)14-12-22(30)16-21(28)17-26(27)31/h17-20,22-25,27,30H,7-16H2,1-6H3/t19-,20-,22+,23-,24?,25?,27+,28+,29-/m1/s1. The average Bonchev–Trinajstić information content (AvgIpc) is 3.06. The summed E-state index contributed by atoms with van der Waals surface area (Å²) in [6, 6.07) is 0. The molecular weight excluding hydrogens is 380 g/mol. The first-order chi connectivity index (χ1) is 14.6. The van der Waals surface area contributed by atoms with E-state index in [1.54, 1.807) is 0 Å². The molecule has 0 aromatic carbocycles. The Morgan fingerprint density at radius 3 is 2.45 bits per heavy atom. The molecule has 3 fully saturated rings. The van der Waals surface area contributed by atoms with E-state index in [4.69, 9.17) is 0 Å². The van der Waals surface area contributed by atoms with E-state index in [9.17, 15) is 9.90 Å². The number of allylic oxidation sites excluding steroid dienone is 1. The van der Waals surface area contributed by atoms with Gasteiger partial charge in [0.25, 0.3) is 0 Å². The fraction of sp³-hybridized carbons (Fsp3) is 0.897. The summed E-state index contributed by atoms with van der Waals surface area (Å²) >= 11 is 0. The predicted octanol–water partition coefficient (Wildman–Crippen LogP) is 7.20. The van der Waals surface area contributed by atoms with E-state index < -0.39 is 0 Å². The van der Waals surface area contributed by atoms with Crippen LogP contribution in [0.5, 0.6) is 0 Å². The number of ketones is 1. The minimum atomic E-state index is -0.243. The highest BCUT2D eigenvalue weighted by molar-refractivity contribution is 5.94.